The lowest BCUT2D eigenvalue weighted by atomic mass is 9.98. The maximum atomic E-state index is 12.7. The van der Waals surface area contributed by atoms with Gasteiger partial charge in [-0.3, -0.25) is 4.79 Å². The molecule has 2 fully saturated rings. The lowest BCUT2D eigenvalue weighted by molar-refractivity contribution is -0.110. The van der Waals surface area contributed by atoms with Crippen molar-refractivity contribution in [3.63, 3.8) is 0 Å². The quantitative estimate of drug-likeness (QED) is 0.379. The number of hydrogen-bond acceptors (Lipinski definition) is 6. The summed E-state index contributed by atoms with van der Waals surface area (Å²) >= 11 is 6.56. The number of hydrogen-bond donors (Lipinski definition) is 3. The number of β-amino-alcohol motifs (C(OH)–C–C–N with tert-alkyl or cyclic N) is 1. The number of fused-ring (bicyclic) bond motifs is 1. The van der Waals surface area contributed by atoms with E-state index < -0.39 is 5.91 Å². The molecule has 3 aliphatic rings. The van der Waals surface area contributed by atoms with Gasteiger partial charge in [-0.25, -0.2) is 0 Å². The smallest absolute Gasteiger partial charge is 0.260 e. The minimum absolute atomic E-state index is 0.143. The second-order valence-electron chi connectivity index (χ2n) is 8.88. The fourth-order valence-electron chi connectivity index (χ4n) is 4.57. The first-order valence-corrected chi connectivity index (χ1v) is 11.4. The van der Waals surface area contributed by atoms with Gasteiger partial charge in [0.1, 0.15) is 0 Å². The average Bonchev–Trinajstić information content (AvgIpc) is 3.22. The van der Waals surface area contributed by atoms with Crippen LogP contribution in [0.2, 0.25) is 5.02 Å². The highest BCUT2D eigenvalue weighted by Crippen LogP contribution is 2.44. The summed E-state index contributed by atoms with van der Waals surface area (Å²) in [5, 5.41) is 28.0. The molecule has 2 aromatic carbocycles. The van der Waals surface area contributed by atoms with Gasteiger partial charge in [0.05, 0.1) is 28.1 Å². The Balaban J connectivity index is 1.37. The summed E-state index contributed by atoms with van der Waals surface area (Å²) in [4.78, 5) is 14.9. The van der Waals surface area contributed by atoms with Gasteiger partial charge in [0.2, 0.25) is 5.76 Å². The van der Waals surface area contributed by atoms with Gasteiger partial charge in [-0.05, 0) is 49.1 Å². The van der Waals surface area contributed by atoms with Crippen LogP contribution in [0.1, 0.15) is 42.2 Å². The van der Waals surface area contributed by atoms with Crippen LogP contribution in [0.5, 0.6) is 0 Å². The molecule has 8 heteroatoms. The zero-order chi connectivity index (χ0) is 22.7. The summed E-state index contributed by atoms with van der Waals surface area (Å²) < 4.78 is 5.33. The third-order valence-corrected chi connectivity index (χ3v) is 6.87. The molecule has 0 radical (unpaired) electrons. The van der Waals surface area contributed by atoms with E-state index in [0.717, 1.165) is 48.3 Å². The molecule has 0 spiro atoms. The number of rotatable bonds is 4. The van der Waals surface area contributed by atoms with Crippen LogP contribution in [0.3, 0.4) is 0 Å². The number of aromatic nitrogens is 1. The largest absolute Gasteiger partial charge is 0.504 e. The molecule has 3 heterocycles. The Hall–Kier alpha value is -3.29. The first kappa shape index (κ1) is 20.3. The van der Waals surface area contributed by atoms with Crippen LogP contribution in [0, 0.1) is 0 Å². The van der Waals surface area contributed by atoms with Crippen LogP contribution in [0.25, 0.3) is 22.5 Å². The highest BCUT2D eigenvalue weighted by Gasteiger charge is 2.33. The second-order valence-corrected chi connectivity index (χ2v) is 9.29. The second kappa shape index (κ2) is 7.64. The molecule has 1 aliphatic carbocycles. The van der Waals surface area contributed by atoms with E-state index in [-0.39, 0.29) is 23.2 Å². The molecular weight excluding hydrogens is 442 g/mol. The Bertz CT molecular complexity index is 1290. The van der Waals surface area contributed by atoms with Crippen LogP contribution in [0.4, 0.5) is 11.4 Å². The number of carbonyl (C=O) groups is 1. The SMILES string of the molecule is O=C1Nc2cc(Cl)c(-c3ccc(N4CCC(O)C4)cc3)cc2/C1=C(/O)c1cc(C2CC2)no1. The van der Waals surface area contributed by atoms with Crippen molar-refractivity contribution in [1.29, 1.82) is 0 Å². The van der Waals surface area contributed by atoms with Crippen molar-refractivity contribution < 1.29 is 19.5 Å². The minimum Gasteiger partial charge on any atom is -0.504 e. The number of amides is 1. The lowest BCUT2D eigenvalue weighted by Gasteiger charge is -2.18. The molecule has 1 unspecified atom stereocenters. The third-order valence-electron chi connectivity index (χ3n) is 6.55. The predicted octanol–water partition coefficient (Wildman–Crippen LogP) is 4.82. The Morgan fingerprint density at radius 1 is 1.12 bits per heavy atom. The van der Waals surface area contributed by atoms with E-state index >= 15 is 0 Å². The van der Waals surface area contributed by atoms with Crippen LogP contribution in [-0.2, 0) is 4.79 Å². The van der Waals surface area contributed by atoms with Crippen LogP contribution in [0.15, 0.2) is 47.0 Å². The molecule has 3 N–H and O–H groups in total. The van der Waals surface area contributed by atoms with Gasteiger partial charge in [0, 0.05) is 41.9 Å². The van der Waals surface area contributed by atoms with Crippen LogP contribution >= 0.6 is 11.6 Å². The number of carbonyl (C=O) groups excluding carboxylic acids is 1. The van der Waals surface area contributed by atoms with Gasteiger partial charge in [0.25, 0.3) is 5.91 Å². The molecule has 1 saturated heterocycles. The van der Waals surface area contributed by atoms with Gasteiger partial charge in [-0.15, -0.1) is 0 Å². The van der Waals surface area contributed by atoms with Gasteiger partial charge in [0.15, 0.2) is 5.76 Å². The molecule has 6 rings (SSSR count). The van der Waals surface area contributed by atoms with E-state index in [0.29, 0.717) is 28.7 Å². The zero-order valence-electron chi connectivity index (χ0n) is 17.7. The molecular formula is C25H22ClN3O4. The van der Waals surface area contributed by atoms with E-state index in [4.69, 9.17) is 16.1 Å². The maximum Gasteiger partial charge on any atom is 0.260 e. The Kier molecular flexibility index (Phi) is 4.71. The summed E-state index contributed by atoms with van der Waals surface area (Å²) in [5.74, 6) is -0.0874. The third kappa shape index (κ3) is 3.57. The van der Waals surface area contributed by atoms with Crippen molar-refractivity contribution in [3.05, 3.63) is 64.5 Å². The highest BCUT2D eigenvalue weighted by molar-refractivity contribution is 6.38. The van der Waals surface area contributed by atoms with Crippen molar-refractivity contribution in [2.45, 2.75) is 31.3 Å². The van der Waals surface area contributed by atoms with Gasteiger partial charge < -0.3 is 25.0 Å². The number of halogens is 1. The lowest BCUT2D eigenvalue weighted by Crippen LogP contribution is -2.20. The van der Waals surface area contributed by atoms with Gasteiger partial charge >= 0.3 is 0 Å². The van der Waals surface area contributed by atoms with E-state index in [1.54, 1.807) is 12.1 Å². The van der Waals surface area contributed by atoms with Crippen LogP contribution in [-0.4, -0.2) is 40.5 Å². The first-order chi connectivity index (χ1) is 16.0. The number of benzene rings is 2. The van der Waals surface area contributed by atoms with Gasteiger partial charge in [-0.1, -0.05) is 28.9 Å². The number of nitrogens with zero attached hydrogens (tertiary/aromatic N) is 2. The molecule has 168 valence electrons. The molecule has 0 bridgehead atoms. The Labute approximate surface area is 195 Å². The van der Waals surface area contributed by atoms with Crippen molar-refractivity contribution in [3.8, 4) is 11.1 Å². The normalized spacial score (nSPS) is 21.3. The fourth-order valence-corrected chi connectivity index (χ4v) is 4.84. The van der Waals surface area contributed by atoms with Crippen molar-refractivity contribution >= 4 is 40.2 Å². The van der Waals surface area contributed by atoms with E-state index in [1.807, 2.05) is 30.3 Å². The Morgan fingerprint density at radius 3 is 2.61 bits per heavy atom. The van der Waals surface area contributed by atoms with Crippen molar-refractivity contribution in [2.75, 3.05) is 23.3 Å². The fraction of sp³-hybridized carbons (Fsp3) is 0.280. The summed E-state index contributed by atoms with van der Waals surface area (Å²) in [6, 6.07) is 13.2. The molecule has 1 atom stereocenters. The highest BCUT2D eigenvalue weighted by atomic mass is 35.5. The number of aliphatic hydroxyl groups is 2. The summed E-state index contributed by atoms with van der Waals surface area (Å²) in [6.45, 7) is 1.45. The number of anilines is 2. The van der Waals surface area contributed by atoms with E-state index in [9.17, 15) is 15.0 Å². The minimum atomic E-state index is -0.414. The molecule has 2 aliphatic heterocycles. The summed E-state index contributed by atoms with van der Waals surface area (Å²) in [6.07, 6.45) is 2.60. The standard InChI is InChI=1S/C25H22ClN3O4/c26-19-10-21-18(9-17(19)13-3-5-15(6-4-13)29-8-7-16(30)12-29)23(25(32)27-21)24(31)22-11-20(28-33-22)14-1-2-14/h3-6,9-11,14,16,30-31H,1-2,7-8,12H2,(H,27,32)/b24-23-. The monoisotopic (exact) mass is 463 g/mol. The molecule has 7 nitrogen and oxygen atoms in total. The molecule has 1 aromatic heterocycles. The zero-order valence-corrected chi connectivity index (χ0v) is 18.5. The summed E-state index contributed by atoms with van der Waals surface area (Å²) in [5.41, 5.74) is 4.73. The molecule has 33 heavy (non-hydrogen) atoms. The maximum absolute atomic E-state index is 12.7. The van der Waals surface area contributed by atoms with Crippen molar-refractivity contribution in [2.24, 2.45) is 0 Å². The average molecular weight is 464 g/mol. The predicted molar refractivity (Wildman–Crippen MR) is 126 cm³/mol. The summed E-state index contributed by atoms with van der Waals surface area (Å²) in [7, 11) is 0. The molecule has 1 amide bonds. The molecule has 3 aromatic rings. The van der Waals surface area contributed by atoms with Crippen molar-refractivity contribution in [1.82, 2.24) is 5.16 Å². The number of nitrogens with one attached hydrogen (secondary N) is 1. The van der Waals surface area contributed by atoms with E-state index in [2.05, 4.69) is 15.4 Å². The van der Waals surface area contributed by atoms with E-state index in [1.165, 1.54) is 0 Å². The van der Waals surface area contributed by atoms with Gasteiger partial charge in [-0.2, -0.15) is 0 Å². The number of aliphatic hydroxyl groups excluding tert-OH is 2. The Morgan fingerprint density at radius 2 is 1.91 bits per heavy atom. The topological polar surface area (TPSA) is 98.8 Å². The molecule has 1 saturated carbocycles. The first-order valence-electron chi connectivity index (χ1n) is 11.1. The van der Waals surface area contributed by atoms with Crippen LogP contribution < -0.4 is 10.2 Å².